The van der Waals surface area contributed by atoms with Crippen molar-refractivity contribution in [2.45, 2.75) is 31.8 Å². The Bertz CT molecular complexity index is 216. The van der Waals surface area contributed by atoms with E-state index < -0.39 is 12.0 Å². The number of carboxylic acids is 1. The summed E-state index contributed by atoms with van der Waals surface area (Å²) in [4.78, 5) is 10.9. The van der Waals surface area contributed by atoms with Crippen LogP contribution in [0.25, 0.3) is 0 Å². The molecule has 0 amide bonds. The Morgan fingerprint density at radius 3 is 2.69 bits per heavy atom. The maximum atomic E-state index is 10.9. The van der Waals surface area contributed by atoms with E-state index in [0.717, 1.165) is 26.1 Å². The first kappa shape index (κ1) is 13.4. The van der Waals surface area contributed by atoms with Crippen molar-refractivity contribution in [2.24, 2.45) is 5.92 Å². The summed E-state index contributed by atoms with van der Waals surface area (Å²) in [5.41, 5.74) is 0. The van der Waals surface area contributed by atoms with Crippen molar-refractivity contribution < 1.29 is 19.4 Å². The quantitative estimate of drug-likeness (QED) is 0.696. The van der Waals surface area contributed by atoms with Gasteiger partial charge in [-0.1, -0.05) is 0 Å². The fourth-order valence-corrected chi connectivity index (χ4v) is 2.03. The molecule has 1 aliphatic heterocycles. The van der Waals surface area contributed by atoms with E-state index in [1.807, 2.05) is 6.92 Å². The highest BCUT2D eigenvalue weighted by Gasteiger charge is 2.25. The van der Waals surface area contributed by atoms with Crippen molar-refractivity contribution in [3.8, 4) is 0 Å². The Morgan fingerprint density at radius 1 is 1.56 bits per heavy atom. The van der Waals surface area contributed by atoms with Gasteiger partial charge < -0.3 is 14.6 Å². The predicted octanol–water partition coefficient (Wildman–Crippen LogP) is 0.491. The average molecular weight is 231 g/mol. The molecule has 16 heavy (non-hydrogen) atoms. The molecule has 0 spiro atoms. The molecule has 5 heteroatoms. The lowest BCUT2D eigenvalue weighted by Gasteiger charge is -2.30. The highest BCUT2D eigenvalue weighted by Crippen LogP contribution is 2.18. The maximum absolute atomic E-state index is 10.9. The van der Waals surface area contributed by atoms with Crippen LogP contribution in [0.2, 0.25) is 0 Å². The molecule has 0 aliphatic carbocycles. The number of rotatable bonds is 6. The lowest BCUT2D eigenvalue weighted by Crippen LogP contribution is -2.48. The van der Waals surface area contributed by atoms with Crippen LogP contribution in [0.4, 0.5) is 0 Å². The third-order valence-corrected chi connectivity index (χ3v) is 3.07. The lowest BCUT2D eigenvalue weighted by atomic mass is 9.92. The number of hydrogen-bond acceptors (Lipinski definition) is 4. The van der Waals surface area contributed by atoms with Gasteiger partial charge in [0.2, 0.25) is 0 Å². The lowest BCUT2D eigenvalue weighted by molar-refractivity contribution is -0.141. The van der Waals surface area contributed by atoms with Gasteiger partial charge in [0.1, 0.15) is 6.04 Å². The summed E-state index contributed by atoms with van der Waals surface area (Å²) in [7, 11) is 1.51. The number of hydrogen-bond donors (Lipinski definition) is 2. The normalized spacial score (nSPS) is 21.6. The van der Waals surface area contributed by atoms with Crippen LogP contribution in [0.3, 0.4) is 0 Å². The van der Waals surface area contributed by atoms with Crippen molar-refractivity contribution in [1.29, 1.82) is 0 Å². The summed E-state index contributed by atoms with van der Waals surface area (Å²) in [6.45, 7) is 3.78. The topological polar surface area (TPSA) is 67.8 Å². The van der Waals surface area contributed by atoms with Gasteiger partial charge in [0.05, 0.1) is 6.61 Å². The number of ether oxygens (including phenoxy) is 2. The van der Waals surface area contributed by atoms with Gasteiger partial charge in [-0.2, -0.15) is 0 Å². The molecule has 0 bridgehead atoms. The standard InChI is InChI=1S/C11H21NO4/c1-8(9-3-5-16-6-4-9)12-10(7-15-2)11(13)14/h8-10,12H,3-7H2,1-2H3,(H,13,14). The molecular weight excluding hydrogens is 210 g/mol. The molecule has 0 aromatic carbocycles. The number of carboxylic acid groups (broad SMARTS) is 1. The number of methoxy groups -OCH3 is 1. The molecule has 2 atom stereocenters. The fraction of sp³-hybridized carbons (Fsp3) is 0.909. The smallest absolute Gasteiger partial charge is 0.323 e. The van der Waals surface area contributed by atoms with E-state index in [1.54, 1.807) is 0 Å². The Labute approximate surface area is 96.1 Å². The Hall–Kier alpha value is -0.650. The highest BCUT2D eigenvalue weighted by molar-refractivity contribution is 5.73. The Morgan fingerprint density at radius 2 is 2.19 bits per heavy atom. The van der Waals surface area contributed by atoms with Gasteiger partial charge in [-0.25, -0.2) is 0 Å². The number of aliphatic carboxylic acids is 1. The van der Waals surface area contributed by atoms with Crippen LogP contribution in [-0.4, -0.2) is 50.1 Å². The third-order valence-electron chi connectivity index (χ3n) is 3.07. The Balaban J connectivity index is 2.39. The van der Waals surface area contributed by atoms with E-state index in [9.17, 15) is 4.79 Å². The van der Waals surface area contributed by atoms with Crippen LogP contribution in [0, 0.1) is 5.92 Å². The number of nitrogens with one attached hydrogen (secondary N) is 1. The minimum absolute atomic E-state index is 0.181. The first-order valence-corrected chi connectivity index (χ1v) is 5.70. The predicted molar refractivity (Wildman–Crippen MR) is 59.4 cm³/mol. The van der Waals surface area contributed by atoms with Crippen LogP contribution < -0.4 is 5.32 Å². The molecule has 0 aromatic heterocycles. The molecule has 2 N–H and O–H groups in total. The highest BCUT2D eigenvalue weighted by atomic mass is 16.5. The second-order valence-electron chi connectivity index (χ2n) is 4.25. The molecule has 1 saturated heterocycles. The average Bonchev–Trinajstić information content (AvgIpc) is 2.29. The van der Waals surface area contributed by atoms with Crippen LogP contribution in [0.1, 0.15) is 19.8 Å². The summed E-state index contributed by atoms with van der Waals surface area (Å²) in [5.74, 6) is -0.367. The first-order chi connectivity index (χ1) is 7.65. The molecule has 0 aromatic rings. The molecule has 94 valence electrons. The summed E-state index contributed by atoms with van der Waals surface area (Å²) in [6.07, 6.45) is 1.99. The van der Waals surface area contributed by atoms with Crippen LogP contribution in [0.5, 0.6) is 0 Å². The summed E-state index contributed by atoms with van der Waals surface area (Å²) >= 11 is 0. The molecule has 1 heterocycles. The molecule has 0 radical (unpaired) electrons. The van der Waals surface area contributed by atoms with Crippen molar-refractivity contribution >= 4 is 5.97 Å². The SMILES string of the molecule is COCC(NC(C)C1CCOCC1)C(=O)O. The van der Waals surface area contributed by atoms with Gasteiger partial charge >= 0.3 is 5.97 Å². The second-order valence-corrected chi connectivity index (χ2v) is 4.25. The van der Waals surface area contributed by atoms with Gasteiger partial charge in [-0.15, -0.1) is 0 Å². The van der Waals surface area contributed by atoms with Gasteiger partial charge in [-0.3, -0.25) is 10.1 Å². The summed E-state index contributed by atoms with van der Waals surface area (Å²) < 4.78 is 10.2. The van der Waals surface area contributed by atoms with Crippen LogP contribution >= 0.6 is 0 Å². The molecule has 1 fully saturated rings. The first-order valence-electron chi connectivity index (χ1n) is 5.70. The zero-order chi connectivity index (χ0) is 12.0. The fourth-order valence-electron chi connectivity index (χ4n) is 2.03. The van der Waals surface area contributed by atoms with E-state index in [4.69, 9.17) is 14.6 Å². The van der Waals surface area contributed by atoms with Gasteiger partial charge in [0.15, 0.2) is 0 Å². The minimum atomic E-state index is -0.860. The van der Waals surface area contributed by atoms with E-state index >= 15 is 0 Å². The monoisotopic (exact) mass is 231 g/mol. The van der Waals surface area contributed by atoms with Crippen LogP contribution in [-0.2, 0) is 14.3 Å². The largest absolute Gasteiger partial charge is 0.480 e. The van der Waals surface area contributed by atoms with Crippen molar-refractivity contribution in [3.63, 3.8) is 0 Å². The van der Waals surface area contributed by atoms with Crippen molar-refractivity contribution in [3.05, 3.63) is 0 Å². The maximum Gasteiger partial charge on any atom is 0.323 e. The second kappa shape index (κ2) is 6.83. The van der Waals surface area contributed by atoms with Gasteiger partial charge in [0, 0.05) is 26.4 Å². The minimum Gasteiger partial charge on any atom is -0.480 e. The zero-order valence-electron chi connectivity index (χ0n) is 9.94. The molecule has 0 saturated carbocycles. The molecular formula is C11H21NO4. The van der Waals surface area contributed by atoms with Gasteiger partial charge in [0.25, 0.3) is 0 Å². The van der Waals surface area contributed by atoms with E-state index in [-0.39, 0.29) is 12.6 Å². The molecule has 1 rings (SSSR count). The molecule has 1 aliphatic rings. The summed E-state index contributed by atoms with van der Waals surface area (Å²) in [5, 5.41) is 12.1. The molecule has 5 nitrogen and oxygen atoms in total. The van der Waals surface area contributed by atoms with Crippen LogP contribution in [0.15, 0.2) is 0 Å². The van der Waals surface area contributed by atoms with E-state index in [0.29, 0.717) is 5.92 Å². The summed E-state index contributed by atoms with van der Waals surface area (Å²) in [6, 6.07) is -0.442. The Kier molecular flexibility index (Phi) is 5.73. The van der Waals surface area contributed by atoms with Crippen molar-refractivity contribution in [1.82, 2.24) is 5.32 Å². The third kappa shape index (κ3) is 4.08. The zero-order valence-corrected chi connectivity index (χ0v) is 9.94. The number of carbonyl (C=O) groups is 1. The molecule has 2 unspecified atom stereocenters. The van der Waals surface area contributed by atoms with Crippen molar-refractivity contribution in [2.75, 3.05) is 26.9 Å². The van der Waals surface area contributed by atoms with Gasteiger partial charge in [-0.05, 0) is 25.7 Å². The van der Waals surface area contributed by atoms with E-state index in [1.165, 1.54) is 7.11 Å². The van der Waals surface area contributed by atoms with E-state index in [2.05, 4.69) is 5.32 Å².